The smallest absolute Gasteiger partial charge is 0.248 e. The molecule has 0 radical (unpaired) electrons. The molecule has 0 spiro atoms. The Kier molecular flexibility index (Phi) is 3.57. The van der Waals surface area contributed by atoms with Crippen LogP contribution >= 0.6 is 11.6 Å². The average molecular weight is 280 g/mol. The van der Waals surface area contributed by atoms with Crippen molar-refractivity contribution < 1.29 is 9.18 Å². The van der Waals surface area contributed by atoms with E-state index in [-0.39, 0.29) is 5.02 Å². The molecule has 19 heavy (non-hydrogen) atoms. The van der Waals surface area contributed by atoms with Crippen molar-refractivity contribution in [2.45, 2.75) is 0 Å². The van der Waals surface area contributed by atoms with Gasteiger partial charge in [0, 0.05) is 16.3 Å². The molecule has 0 atom stereocenters. The molecule has 5 N–H and O–H groups in total. The number of carbonyl (C=O) groups is 1. The largest absolute Gasteiger partial charge is 0.397 e. The quantitative estimate of drug-likeness (QED) is 0.756. The molecule has 0 heterocycles. The minimum Gasteiger partial charge on any atom is -0.397 e. The summed E-state index contributed by atoms with van der Waals surface area (Å²) in [5.74, 6) is -1.02. The Hall–Kier alpha value is -2.27. The highest BCUT2D eigenvalue weighted by atomic mass is 35.5. The zero-order valence-electron chi connectivity index (χ0n) is 9.78. The molecule has 2 aromatic rings. The fourth-order valence-electron chi connectivity index (χ4n) is 1.61. The maximum Gasteiger partial charge on any atom is 0.248 e. The SMILES string of the molecule is NC(=O)c1ccc(Nc2cc(F)cc(Cl)c2)c(N)c1. The number of nitrogen functional groups attached to an aromatic ring is 1. The van der Waals surface area contributed by atoms with Gasteiger partial charge in [-0.2, -0.15) is 0 Å². The van der Waals surface area contributed by atoms with Gasteiger partial charge < -0.3 is 16.8 Å². The van der Waals surface area contributed by atoms with Crippen LogP contribution in [-0.2, 0) is 0 Å². The first-order valence-corrected chi connectivity index (χ1v) is 5.76. The number of anilines is 3. The normalized spacial score (nSPS) is 10.2. The van der Waals surface area contributed by atoms with Crippen molar-refractivity contribution in [2.24, 2.45) is 5.73 Å². The highest BCUT2D eigenvalue weighted by molar-refractivity contribution is 6.30. The summed E-state index contributed by atoms with van der Waals surface area (Å²) in [5, 5.41) is 3.19. The van der Waals surface area contributed by atoms with Gasteiger partial charge in [0.25, 0.3) is 0 Å². The number of carbonyl (C=O) groups excluding carboxylic acids is 1. The Bertz CT molecular complexity index is 626. The monoisotopic (exact) mass is 279 g/mol. The molecule has 98 valence electrons. The van der Waals surface area contributed by atoms with E-state index >= 15 is 0 Å². The van der Waals surface area contributed by atoms with Gasteiger partial charge in [-0.3, -0.25) is 4.79 Å². The van der Waals surface area contributed by atoms with E-state index in [4.69, 9.17) is 23.1 Å². The predicted octanol–water partition coefficient (Wildman–Crippen LogP) is 2.90. The predicted molar refractivity (Wildman–Crippen MR) is 74.1 cm³/mol. The summed E-state index contributed by atoms with van der Waals surface area (Å²) >= 11 is 5.75. The van der Waals surface area contributed by atoms with Crippen molar-refractivity contribution >= 4 is 34.6 Å². The molecule has 0 aliphatic heterocycles. The second-order valence-corrected chi connectivity index (χ2v) is 4.39. The van der Waals surface area contributed by atoms with Crippen LogP contribution in [0.15, 0.2) is 36.4 Å². The highest BCUT2D eigenvalue weighted by Gasteiger charge is 2.06. The van der Waals surface area contributed by atoms with Crippen LogP contribution in [0, 0.1) is 5.82 Å². The Morgan fingerprint density at radius 1 is 1.21 bits per heavy atom. The van der Waals surface area contributed by atoms with Gasteiger partial charge in [-0.25, -0.2) is 4.39 Å². The van der Waals surface area contributed by atoms with Gasteiger partial charge in [0.1, 0.15) is 5.82 Å². The van der Waals surface area contributed by atoms with Crippen LogP contribution in [0.1, 0.15) is 10.4 Å². The molecule has 6 heteroatoms. The Morgan fingerprint density at radius 2 is 1.95 bits per heavy atom. The minimum atomic E-state index is -0.563. The fourth-order valence-corrected chi connectivity index (χ4v) is 1.83. The molecular formula is C13H11ClFN3O. The van der Waals surface area contributed by atoms with Crippen molar-refractivity contribution in [1.82, 2.24) is 0 Å². The first kappa shape index (κ1) is 13.2. The van der Waals surface area contributed by atoms with Crippen molar-refractivity contribution in [3.8, 4) is 0 Å². The molecular weight excluding hydrogens is 269 g/mol. The fraction of sp³-hybridized carbons (Fsp3) is 0. The van der Waals surface area contributed by atoms with Crippen LogP contribution in [0.5, 0.6) is 0 Å². The van der Waals surface area contributed by atoms with E-state index in [0.717, 1.165) is 0 Å². The number of nitrogens with one attached hydrogen (secondary N) is 1. The first-order valence-electron chi connectivity index (χ1n) is 5.38. The van der Waals surface area contributed by atoms with Crippen molar-refractivity contribution in [3.63, 3.8) is 0 Å². The van der Waals surface area contributed by atoms with E-state index in [0.29, 0.717) is 22.6 Å². The standard InChI is InChI=1S/C13H11ClFN3O/c14-8-4-9(15)6-10(5-8)18-12-2-1-7(13(17)19)3-11(12)16/h1-6,18H,16H2,(H2,17,19). The van der Waals surface area contributed by atoms with Crippen LogP contribution in [0.3, 0.4) is 0 Å². The van der Waals surface area contributed by atoms with E-state index < -0.39 is 11.7 Å². The van der Waals surface area contributed by atoms with E-state index in [1.54, 1.807) is 12.1 Å². The van der Waals surface area contributed by atoms with Crippen molar-refractivity contribution in [1.29, 1.82) is 0 Å². The number of primary amides is 1. The lowest BCUT2D eigenvalue weighted by atomic mass is 10.1. The summed E-state index contributed by atoms with van der Waals surface area (Å²) in [6, 6.07) is 8.62. The second kappa shape index (κ2) is 5.16. The van der Waals surface area contributed by atoms with E-state index in [1.807, 2.05) is 0 Å². The number of amides is 1. The summed E-state index contributed by atoms with van der Waals surface area (Å²) < 4.78 is 13.2. The third-order valence-corrected chi connectivity index (χ3v) is 2.70. The number of halogens is 2. The molecule has 0 bridgehead atoms. The van der Waals surface area contributed by atoms with Crippen LogP contribution in [0.4, 0.5) is 21.5 Å². The Balaban J connectivity index is 2.30. The van der Waals surface area contributed by atoms with Crippen LogP contribution in [0.2, 0.25) is 5.02 Å². The van der Waals surface area contributed by atoms with Gasteiger partial charge in [0.05, 0.1) is 11.4 Å². The molecule has 0 aromatic heterocycles. The van der Waals surface area contributed by atoms with Crippen LogP contribution in [-0.4, -0.2) is 5.91 Å². The van der Waals surface area contributed by atoms with Crippen LogP contribution < -0.4 is 16.8 Å². The highest BCUT2D eigenvalue weighted by Crippen LogP contribution is 2.26. The zero-order chi connectivity index (χ0) is 14.0. The first-order chi connectivity index (χ1) is 8.95. The maximum absolute atomic E-state index is 13.2. The molecule has 0 aliphatic rings. The summed E-state index contributed by atoms with van der Waals surface area (Å²) in [6.07, 6.45) is 0. The average Bonchev–Trinajstić information content (AvgIpc) is 2.30. The van der Waals surface area contributed by atoms with Crippen LogP contribution in [0.25, 0.3) is 0 Å². The van der Waals surface area contributed by atoms with Crippen molar-refractivity contribution in [3.05, 3.63) is 52.8 Å². The third kappa shape index (κ3) is 3.14. The lowest BCUT2D eigenvalue weighted by molar-refractivity contribution is 0.100. The van der Waals surface area contributed by atoms with Gasteiger partial charge in [-0.05, 0) is 36.4 Å². The van der Waals surface area contributed by atoms with Gasteiger partial charge >= 0.3 is 0 Å². The number of rotatable bonds is 3. The van der Waals surface area contributed by atoms with Gasteiger partial charge in [-0.15, -0.1) is 0 Å². The minimum absolute atomic E-state index is 0.273. The van der Waals surface area contributed by atoms with Gasteiger partial charge in [-0.1, -0.05) is 11.6 Å². The molecule has 0 saturated heterocycles. The van der Waals surface area contributed by atoms with Crippen molar-refractivity contribution in [2.75, 3.05) is 11.1 Å². The summed E-state index contributed by atoms with van der Waals surface area (Å²) in [7, 11) is 0. The molecule has 0 saturated carbocycles. The molecule has 2 aromatic carbocycles. The number of hydrogen-bond acceptors (Lipinski definition) is 3. The lowest BCUT2D eigenvalue weighted by Gasteiger charge is -2.10. The van der Waals surface area contributed by atoms with E-state index in [9.17, 15) is 9.18 Å². The Morgan fingerprint density at radius 3 is 2.53 bits per heavy atom. The van der Waals surface area contributed by atoms with Gasteiger partial charge in [0.15, 0.2) is 0 Å². The molecule has 0 aliphatic carbocycles. The second-order valence-electron chi connectivity index (χ2n) is 3.95. The maximum atomic E-state index is 13.2. The molecule has 2 rings (SSSR count). The number of benzene rings is 2. The summed E-state index contributed by atoms with van der Waals surface area (Å²) in [6.45, 7) is 0. The zero-order valence-corrected chi connectivity index (χ0v) is 10.5. The third-order valence-electron chi connectivity index (χ3n) is 2.48. The molecule has 0 fully saturated rings. The molecule has 0 unspecified atom stereocenters. The van der Waals surface area contributed by atoms with E-state index in [2.05, 4.69) is 5.32 Å². The Labute approximate surface area is 114 Å². The number of hydrogen-bond donors (Lipinski definition) is 3. The summed E-state index contributed by atoms with van der Waals surface area (Å²) in [4.78, 5) is 11.0. The van der Waals surface area contributed by atoms with E-state index in [1.165, 1.54) is 24.3 Å². The number of nitrogens with two attached hydrogens (primary N) is 2. The van der Waals surface area contributed by atoms with Gasteiger partial charge in [0.2, 0.25) is 5.91 Å². The summed E-state index contributed by atoms with van der Waals surface area (Å²) in [5.41, 5.74) is 12.6. The topological polar surface area (TPSA) is 81.1 Å². The molecule has 4 nitrogen and oxygen atoms in total. The lowest BCUT2D eigenvalue weighted by Crippen LogP contribution is -2.11. The molecule has 1 amide bonds.